The zero-order valence-electron chi connectivity index (χ0n) is 9.33. The second-order valence-electron chi connectivity index (χ2n) is 3.50. The molecule has 0 saturated carbocycles. The van der Waals surface area contributed by atoms with Gasteiger partial charge in [-0.15, -0.1) is 0 Å². The normalized spacial score (nSPS) is 10.1. The summed E-state index contributed by atoms with van der Waals surface area (Å²) in [6.07, 6.45) is 1.70. The number of hydrogen-bond donors (Lipinski definition) is 1. The van der Waals surface area contributed by atoms with Crippen molar-refractivity contribution in [2.24, 2.45) is 0 Å². The van der Waals surface area contributed by atoms with Crippen LogP contribution in [-0.4, -0.2) is 18.2 Å². The van der Waals surface area contributed by atoms with Gasteiger partial charge in [0.15, 0.2) is 0 Å². The van der Waals surface area contributed by atoms with Crippen LogP contribution in [0.2, 0.25) is 0 Å². The molecule has 0 radical (unpaired) electrons. The maximum atomic E-state index is 11.3. The average Bonchev–Trinajstić information content (AvgIpc) is 2.23. The number of rotatable bonds is 3. The summed E-state index contributed by atoms with van der Waals surface area (Å²) in [6, 6.07) is 3.42. The van der Waals surface area contributed by atoms with Crippen molar-refractivity contribution in [1.29, 1.82) is 0 Å². The van der Waals surface area contributed by atoms with Crippen molar-refractivity contribution in [3.05, 3.63) is 28.8 Å². The van der Waals surface area contributed by atoms with E-state index in [1.807, 2.05) is 19.9 Å². The first-order valence-electron chi connectivity index (χ1n) is 5.01. The van der Waals surface area contributed by atoms with E-state index in [4.69, 9.17) is 0 Å². The van der Waals surface area contributed by atoms with Crippen molar-refractivity contribution in [1.82, 2.24) is 0 Å². The number of ether oxygens (including phenoxy) is 1. The van der Waals surface area contributed by atoms with Crippen molar-refractivity contribution >= 4 is 5.97 Å². The topological polar surface area (TPSA) is 46.5 Å². The van der Waals surface area contributed by atoms with Gasteiger partial charge >= 0.3 is 5.97 Å². The van der Waals surface area contributed by atoms with Crippen molar-refractivity contribution in [3.63, 3.8) is 0 Å². The predicted octanol–water partition coefficient (Wildman–Crippen LogP) is 2.44. The minimum Gasteiger partial charge on any atom is -0.507 e. The number of aryl methyl sites for hydroxylation is 1. The summed E-state index contributed by atoms with van der Waals surface area (Å²) in [5, 5.41) is 9.90. The number of carbonyl (C=O) groups is 1. The molecule has 0 fully saturated rings. The number of benzene rings is 1. The van der Waals surface area contributed by atoms with Crippen LogP contribution >= 0.6 is 0 Å². The van der Waals surface area contributed by atoms with Gasteiger partial charge < -0.3 is 9.84 Å². The van der Waals surface area contributed by atoms with Gasteiger partial charge in [0.1, 0.15) is 11.3 Å². The SMILES string of the molecule is CCCc1c(C)ccc(C(=O)OC)c1O. The van der Waals surface area contributed by atoms with Crippen molar-refractivity contribution in [3.8, 4) is 5.75 Å². The van der Waals surface area contributed by atoms with E-state index in [-0.39, 0.29) is 11.3 Å². The number of phenols is 1. The fourth-order valence-electron chi connectivity index (χ4n) is 1.58. The highest BCUT2D eigenvalue weighted by Gasteiger charge is 2.15. The van der Waals surface area contributed by atoms with Crippen molar-refractivity contribution in [2.75, 3.05) is 7.11 Å². The fraction of sp³-hybridized carbons (Fsp3) is 0.417. The second kappa shape index (κ2) is 4.82. The molecule has 0 heterocycles. The van der Waals surface area contributed by atoms with E-state index in [1.54, 1.807) is 6.07 Å². The van der Waals surface area contributed by atoms with Gasteiger partial charge in [0, 0.05) is 0 Å². The summed E-state index contributed by atoms with van der Waals surface area (Å²) < 4.78 is 4.59. The third-order valence-electron chi connectivity index (χ3n) is 2.42. The van der Waals surface area contributed by atoms with E-state index in [0.29, 0.717) is 0 Å². The molecule has 0 spiro atoms. The molecule has 0 aliphatic heterocycles. The van der Waals surface area contributed by atoms with E-state index >= 15 is 0 Å². The van der Waals surface area contributed by atoms with Gasteiger partial charge in [-0.2, -0.15) is 0 Å². The van der Waals surface area contributed by atoms with Crippen LogP contribution in [0.25, 0.3) is 0 Å². The Labute approximate surface area is 89.7 Å². The van der Waals surface area contributed by atoms with Crippen LogP contribution in [0.1, 0.15) is 34.8 Å². The Morgan fingerprint density at radius 1 is 1.47 bits per heavy atom. The van der Waals surface area contributed by atoms with Gasteiger partial charge in [-0.25, -0.2) is 4.79 Å². The van der Waals surface area contributed by atoms with Crippen LogP contribution in [0.3, 0.4) is 0 Å². The molecule has 82 valence electrons. The minimum atomic E-state index is -0.496. The standard InChI is InChI=1S/C12H16O3/c1-4-5-9-8(2)6-7-10(11(9)13)12(14)15-3/h6-7,13H,4-5H2,1-3H3. The Balaban J connectivity index is 3.21. The quantitative estimate of drug-likeness (QED) is 0.776. The Hall–Kier alpha value is -1.51. The van der Waals surface area contributed by atoms with Crippen LogP contribution < -0.4 is 0 Å². The first kappa shape index (κ1) is 11.6. The summed E-state index contributed by atoms with van der Waals surface area (Å²) in [6.45, 7) is 3.95. The molecule has 0 unspecified atom stereocenters. The number of phenolic OH excluding ortho intramolecular Hbond substituents is 1. The second-order valence-corrected chi connectivity index (χ2v) is 3.50. The van der Waals surface area contributed by atoms with Crippen molar-refractivity contribution in [2.45, 2.75) is 26.7 Å². The van der Waals surface area contributed by atoms with Gasteiger partial charge in [0.25, 0.3) is 0 Å². The molecule has 1 aromatic rings. The Kier molecular flexibility index (Phi) is 3.72. The molecule has 3 heteroatoms. The average molecular weight is 208 g/mol. The summed E-state index contributed by atoms with van der Waals surface area (Å²) in [5.74, 6) is -0.437. The molecule has 0 saturated heterocycles. The number of esters is 1. The Morgan fingerprint density at radius 3 is 2.67 bits per heavy atom. The molecule has 15 heavy (non-hydrogen) atoms. The summed E-state index contributed by atoms with van der Waals surface area (Å²) in [5.41, 5.74) is 2.08. The van der Waals surface area contributed by atoms with Crippen LogP contribution in [0.4, 0.5) is 0 Å². The summed E-state index contributed by atoms with van der Waals surface area (Å²) in [7, 11) is 1.31. The van der Waals surface area contributed by atoms with Gasteiger partial charge in [-0.05, 0) is 30.5 Å². The number of carbonyl (C=O) groups excluding carboxylic acids is 1. The summed E-state index contributed by atoms with van der Waals surface area (Å²) >= 11 is 0. The first-order chi connectivity index (χ1) is 7.11. The van der Waals surface area contributed by atoms with Crippen molar-refractivity contribution < 1.29 is 14.6 Å². The lowest BCUT2D eigenvalue weighted by Crippen LogP contribution is -2.04. The molecule has 0 aromatic heterocycles. The molecular weight excluding hydrogens is 192 g/mol. The molecule has 0 atom stereocenters. The number of methoxy groups -OCH3 is 1. The molecule has 0 aliphatic rings. The van der Waals surface area contributed by atoms with Gasteiger partial charge in [-0.1, -0.05) is 19.4 Å². The predicted molar refractivity (Wildman–Crippen MR) is 58.2 cm³/mol. The van der Waals surface area contributed by atoms with Gasteiger partial charge in [-0.3, -0.25) is 0 Å². The lowest BCUT2D eigenvalue weighted by atomic mass is 9.99. The number of aromatic hydroxyl groups is 1. The third-order valence-corrected chi connectivity index (χ3v) is 2.42. The summed E-state index contributed by atoms with van der Waals surface area (Å²) in [4.78, 5) is 11.3. The molecule has 1 N–H and O–H groups in total. The lowest BCUT2D eigenvalue weighted by Gasteiger charge is -2.10. The molecule has 3 nitrogen and oxygen atoms in total. The zero-order chi connectivity index (χ0) is 11.4. The maximum absolute atomic E-state index is 11.3. The first-order valence-corrected chi connectivity index (χ1v) is 5.01. The van der Waals surface area contributed by atoms with E-state index < -0.39 is 5.97 Å². The van der Waals surface area contributed by atoms with E-state index in [2.05, 4.69) is 4.74 Å². The maximum Gasteiger partial charge on any atom is 0.341 e. The smallest absolute Gasteiger partial charge is 0.341 e. The van der Waals surface area contributed by atoms with Crippen LogP contribution in [0, 0.1) is 6.92 Å². The molecule has 1 aromatic carbocycles. The van der Waals surface area contributed by atoms with Crippen LogP contribution in [0.5, 0.6) is 5.75 Å². The van der Waals surface area contributed by atoms with E-state index in [1.165, 1.54) is 7.11 Å². The molecule has 0 bridgehead atoms. The Morgan fingerprint density at radius 2 is 2.13 bits per heavy atom. The molecule has 1 rings (SSSR count). The zero-order valence-corrected chi connectivity index (χ0v) is 9.33. The minimum absolute atomic E-state index is 0.0590. The largest absolute Gasteiger partial charge is 0.507 e. The third kappa shape index (κ3) is 2.29. The van der Waals surface area contributed by atoms with E-state index in [0.717, 1.165) is 24.0 Å². The number of hydrogen-bond acceptors (Lipinski definition) is 3. The highest BCUT2D eigenvalue weighted by Crippen LogP contribution is 2.27. The highest BCUT2D eigenvalue weighted by molar-refractivity contribution is 5.93. The molecule has 0 amide bonds. The Bertz CT molecular complexity index is 369. The molecule has 0 aliphatic carbocycles. The van der Waals surface area contributed by atoms with Gasteiger partial charge in [0.2, 0.25) is 0 Å². The van der Waals surface area contributed by atoms with Crippen LogP contribution in [0.15, 0.2) is 12.1 Å². The van der Waals surface area contributed by atoms with E-state index in [9.17, 15) is 9.90 Å². The molecular formula is C12H16O3. The fourth-order valence-corrected chi connectivity index (χ4v) is 1.58. The monoisotopic (exact) mass is 208 g/mol. The lowest BCUT2D eigenvalue weighted by molar-refractivity contribution is 0.0597. The highest BCUT2D eigenvalue weighted by atomic mass is 16.5. The van der Waals surface area contributed by atoms with Crippen LogP contribution in [-0.2, 0) is 11.2 Å². The van der Waals surface area contributed by atoms with Gasteiger partial charge in [0.05, 0.1) is 7.11 Å².